The van der Waals surface area contributed by atoms with Crippen molar-refractivity contribution in [2.45, 2.75) is 6.92 Å². The zero-order valence-corrected chi connectivity index (χ0v) is 11.9. The van der Waals surface area contributed by atoms with Crippen LogP contribution in [0.25, 0.3) is 0 Å². The topological polar surface area (TPSA) is 97.9 Å². The number of carbonyl (C=O) groups excluding carboxylic acids is 1. The van der Waals surface area contributed by atoms with E-state index in [1.54, 1.807) is 44.4 Å². The maximum atomic E-state index is 12.0. The second kappa shape index (κ2) is 8.36. The van der Waals surface area contributed by atoms with Crippen LogP contribution in [0, 0.1) is 29.6 Å². The molecule has 0 aromatic heterocycles. The summed E-state index contributed by atoms with van der Waals surface area (Å²) in [6.45, 7) is 2.67. The normalized spacial score (nSPS) is 9.14. The fraction of sp³-hybridized carbons (Fsp3) is 0.267. The highest BCUT2D eigenvalue weighted by Crippen LogP contribution is 2.19. The van der Waals surface area contributed by atoms with Crippen molar-refractivity contribution in [1.82, 2.24) is 5.32 Å². The number of rotatable bonds is 6. The minimum Gasteiger partial charge on any atom is -0.383 e. The molecule has 0 aliphatic carbocycles. The van der Waals surface area contributed by atoms with E-state index in [1.165, 1.54) is 6.20 Å². The lowest BCUT2D eigenvalue weighted by Crippen LogP contribution is -2.27. The first-order valence-corrected chi connectivity index (χ1v) is 6.27. The predicted molar refractivity (Wildman–Crippen MR) is 78.3 cm³/mol. The number of nitrogens with one attached hydrogen (secondary N) is 2. The van der Waals surface area contributed by atoms with Crippen LogP contribution < -0.4 is 10.6 Å². The molecule has 6 nitrogen and oxygen atoms in total. The quantitative estimate of drug-likeness (QED) is 0.612. The molecule has 0 radical (unpaired) electrons. The Morgan fingerprint density at radius 2 is 2.10 bits per heavy atom. The first-order valence-electron chi connectivity index (χ1n) is 6.27. The van der Waals surface area contributed by atoms with Gasteiger partial charge in [0.25, 0.3) is 5.91 Å². The molecule has 1 aromatic rings. The maximum Gasteiger partial charge on any atom is 0.251 e. The van der Waals surface area contributed by atoms with Crippen molar-refractivity contribution in [3.05, 3.63) is 41.1 Å². The number of nitrogens with zero attached hydrogens (tertiary/aromatic N) is 2. The van der Waals surface area contributed by atoms with Gasteiger partial charge in [-0.15, -0.1) is 0 Å². The van der Waals surface area contributed by atoms with Crippen LogP contribution >= 0.6 is 0 Å². The Kier molecular flexibility index (Phi) is 6.46. The van der Waals surface area contributed by atoms with Gasteiger partial charge in [-0.1, -0.05) is 6.07 Å². The van der Waals surface area contributed by atoms with Gasteiger partial charge in [-0.25, -0.2) is 0 Å². The summed E-state index contributed by atoms with van der Waals surface area (Å²) < 4.78 is 4.88. The lowest BCUT2D eigenvalue weighted by Gasteiger charge is -2.11. The van der Waals surface area contributed by atoms with E-state index in [0.717, 1.165) is 5.56 Å². The van der Waals surface area contributed by atoms with Crippen LogP contribution in [-0.4, -0.2) is 26.2 Å². The summed E-state index contributed by atoms with van der Waals surface area (Å²) in [5, 5.41) is 23.0. The molecule has 1 rings (SSSR count). The Labute approximate surface area is 123 Å². The van der Waals surface area contributed by atoms with Gasteiger partial charge in [-0.2, -0.15) is 10.5 Å². The SMILES string of the molecule is COCCNC(=O)c1cccc(NC=C(C#N)C#N)c1C. The number of amides is 1. The first-order chi connectivity index (χ1) is 10.1. The Morgan fingerprint density at radius 1 is 1.38 bits per heavy atom. The number of nitriles is 2. The van der Waals surface area contributed by atoms with Crippen molar-refractivity contribution in [1.29, 1.82) is 10.5 Å². The Hall–Kier alpha value is -2.83. The smallest absolute Gasteiger partial charge is 0.251 e. The van der Waals surface area contributed by atoms with Crippen LogP contribution in [0.15, 0.2) is 30.0 Å². The van der Waals surface area contributed by atoms with Crippen molar-refractivity contribution < 1.29 is 9.53 Å². The average Bonchev–Trinajstić information content (AvgIpc) is 2.49. The molecular formula is C15H16N4O2. The third-order valence-electron chi connectivity index (χ3n) is 2.78. The number of benzene rings is 1. The van der Waals surface area contributed by atoms with E-state index in [0.29, 0.717) is 24.4 Å². The number of anilines is 1. The van der Waals surface area contributed by atoms with Crippen molar-refractivity contribution in [2.24, 2.45) is 0 Å². The summed E-state index contributed by atoms with van der Waals surface area (Å²) in [6.07, 6.45) is 1.31. The summed E-state index contributed by atoms with van der Waals surface area (Å²) in [5.41, 5.74) is 1.89. The number of hydrogen-bond acceptors (Lipinski definition) is 5. The third kappa shape index (κ3) is 4.64. The minimum absolute atomic E-state index is 0.0376. The summed E-state index contributed by atoms with van der Waals surface area (Å²) >= 11 is 0. The van der Waals surface area contributed by atoms with Gasteiger partial charge in [-0.05, 0) is 24.6 Å². The van der Waals surface area contributed by atoms with Crippen LogP contribution in [0.5, 0.6) is 0 Å². The highest BCUT2D eigenvalue weighted by Gasteiger charge is 2.10. The monoisotopic (exact) mass is 284 g/mol. The molecule has 1 amide bonds. The van der Waals surface area contributed by atoms with E-state index >= 15 is 0 Å². The first kappa shape index (κ1) is 16.2. The third-order valence-corrected chi connectivity index (χ3v) is 2.78. The van der Waals surface area contributed by atoms with E-state index < -0.39 is 0 Å². The van der Waals surface area contributed by atoms with Gasteiger partial charge in [0.1, 0.15) is 17.7 Å². The van der Waals surface area contributed by atoms with Crippen LogP contribution in [0.4, 0.5) is 5.69 Å². The molecule has 0 atom stereocenters. The number of ether oxygens (including phenoxy) is 1. The van der Waals surface area contributed by atoms with Crippen LogP contribution in [0.1, 0.15) is 15.9 Å². The van der Waals surface area contributed by atoms with E-state index in [-0.39, 0.29) is 11.5 Å². The van der Waals surface area contributed by atoms with Gasteiger partial charge < -0.3 is 15.4 Å². The van der Waals surface area contributed by atoms with Crippen LogP contribution in [0.2, 0.25) is 0 Å². The van der Waals surface area contributed by atoms with E-state index in [1.807, 2.05) is 0 Å². The molecule has 108 valence electrons. The van der Waals surface area contributed by atoms with Crippen LogP contribution in [-0.2, 0) is 4.74 Å². The van der Waals surface area contributed by atoms with Gasteiger partial charge in [0.15, 0.2) is 0 Å². The van der Waals surface area contributed by atoms with E-state index in [4.69, 9.17) is 15.3 Å². The number of carbonyl (C=O) groups is 1. The molecule has 0 saturated carbocycles. The number of methoxy groups -OCH3 is 1. The molecule has 21 heavy (non-hydrogen) atoms. The Balaban J connectivity index is 2.89. The predicted octanol–water partition coefficient (Wildman–Crippen LogP) is 1.71. The van der Waals surface area contributed by atoms with Gasteiger partial charge in [-0.3, -0.25) is 4.79 Å². The van der Waals surface area contributed by atoms with E-state index in [9.17, 15) is 4.79 Å². The molecule has 0 spiro atoms. The summed E-state index contributed by atoms with van der Waals surface area (Å²) in [6, 6.07) is 8.72. The van der Waals surface area contributed by atoms with E-state index in [2.05, 4.69) is 10.6 Å². The molecule has 0 saturated heterocycles. The van der Waals surface area contributed by atoms with Crippen molar-refractivity contribution in [3.8, 4) is 12.1 Å². The van der Waals surface area contributed by atoms with Gasteiger partial charge in [0.2, 0.25) is 0 Å². The summed E-state index contributed by atoms with van der Waals surface area (Å²) in [5.74, 6) is -0.196. The maximum absolute atomic E-state index is 12.0. The fourth-order valence-electron chi connectivity index (χ4n) is 1.64. The highest BCUT2D eigenvalue weighted by atomic mass is 16.5. The number of hydrogen-bond donors (Lipinski definition) is 2. The molecular weight excluding hydrogens is 268 g/mol. The molecule has 0 aliphatic heterocycles. The second-order valence-electron chi connectivity index (χ2n) is 4.15. The molecule has 0 fully saturated rings. The van der Waals surface area contributed by atoms with Gasteiger partial charge in [0.05, 0.1) is 6.61 Å². The lowest BCUT2D eigenvalue weighted by molar-refractivity contribution is 0.0936. The fourth-order valence-corrected chi connectivity index (χ4v) is 1.64. The van der Waals surface area contributed by atoms with Crippen molar-refractivity contribution in [3.63, 3.8) is 0 Å². The zero-order chi connectivity index (χ0) is 15.7. The minimum atomic E-state index is -0.196. The van der Waals surface area contributed by atoms with Gasteiger partial charge >= 0.3 is 0 Å². The summed E-state index contributed by atoms with van der Waals surface area (Å²) in [7, 11) is 1.57. The van der Waals surface area contributed by atoms with Crippen molar-refractivity contribution >= 4 is 11.6 Å². The molecule has 6 heteroatoms. The lowest BCUT2D eigenvalue weighted by atomic mass is 10.1. The second-order valence-corrected chi connectivity index (χ2v) is 4.15. The Bertz CT molecular complexity index is 608. The largest absolute Gasteiger partial charge is 0.383 e. The molecule has 0 heterocycles. The van der Waals surface area contributed by atoms with Gasteiger partial charge in [0, 0.05) is 31.1 Å². The Morgan fingerprint density at radius 3 is 2.71 bits per heavy atom. The van der Waals surface area contributed by atoms with Crippen molar-refractivity contribution in [2.75, 3.05) is 25.6 Å². The molecule has 0 aliphatic rings. The molecule has 0 bridgehead atoms. The van der Waals surface area contributed by atoms with Crippen LogP contribution in [0.3, 0.4) is 0 Å². The summed E-state index contributed by atoms with van der Waals surface area (Å²) in [4.78, 5) is 12.0. The molecule has 0 unspecified atom stereocenters. The highest BCUT2D eigenvalue weighted by molar-refractivity contribution is 5.97. The molecule has 1 aromatic carbocycles. The standard InChI is InChI=1S/C15H16N4O2/c1-11-13(15(20)18-6-7-21-2)4-3-5-14(11)19-10-12(8-16)9-17/h3-5,10,19H,6-7H2,1-2H3,(H,18,20). The zero-order valence-electron chi connectivity index (χ0n) is 11.9. The average molecular weight is 284 g/mol. The number of allylic oxidation sites excluding steroid dienone is 1. The molecule has 2 N–H and O–H groups in total.